The molecule has 0 aliphatic rings. The highest BCUT2D eigenvalue weighted by molar-refractivity contribution is 9.10. The third-order valence-corrected chi connectivity index (χ3v) is 3.81. The summed E-state index contributed by atoms with van der Waals surface area (Å²) in [6, 6.07) is 11.3. The molecular formula is C15H14BrNOS. The van der Waals surface area contributed by atoms with Crippen LogP contribution in [-0.4, -0.2) is 10.4 Å². The van der Waals surface area contributed by atoms with Gasteiger partial charge in [0.1, 0.15) is 4.64 Å². The smallest absolute Gasteiger partial charge is 0.182 e. The number of halogens is 1. The van der Waals surface area contributed by atoms with Crippen molar-refractivity contribution >= 4 is 33.9 Å². The molecule has 1 aromatic carbocycles. The van der Waals surface area contributed by atoms with Gasteiger partial charge in [0.25, 0.3) is 0 Å². The molecular weight excluding hydrogens is 322 g/mol. The minimum Gasteiger partial charge on any atom is -0.329 e. The fourth-order valence-corrected chi connectivity index (χ4v) is 2.63. The van der Waals surface area contributed by atoms with Crippen molar-refractivity contribution in [2.75, 3.05) is 0 Å². The lowest BCUT2D eigenvalue weighted by atomic mass is 10.1. The Morgan fingerprint density at radius 1 is 1.21 bits per heavy atom. The number of pyridine rings is 1. The van der Waals surface area contributed by atoms with Crippen molar-refractivity contribution in [1.82, 2.24) is 4.57 Å². The number of ketones is 1. The quantitative estimate of drug-likeness (QED) is 0.609. The zero-order chi connectivity index (χ0) is 14.0. The molecule has 0 unspecified atom stereocenters. The van der Waals surface area contributed by atoms with E-state index in [1.165, 1.54) is 0 Å². The molecule has 0 saturated heterocycles. The van der Waals surface area contributed by atoms with Crippen LogP contribution in [0.2, 0.25) is 0 Å². The van der Waals surface area contributed by atoms with Crippen molar-refractivity contribution in [3.05, 3.63) is 62.3 Å². The van der Waals surface area contributed by atoms with E-state index >= 15 is 0 Å². The number of carbonyl (C=O) groups is 1. The first-order valence-electron chi connectivity index (χ1n) is 5.94. The van der Waals surface area contributed by atoms with Crippen LogP contribution in [0.5, 0.6) is 0 Å². The van der Waals surface area contributed by atoms with Gasteiger partial charge < -0.3 is 4.57 Å². The minimum atomic E-state index is 0.0653. The summed E-state index contributed by atoms with van der Waals surface area (Å²) in [4.78, 5) is 12.2. The summed E-state index contributed by atoms with van der Waals surface area (Å²) in [5, 5.41) is 0. The monoisotopic (exact) mass is 335 g/mol. The Bertz CT molecular complexity index is 674. The molecule has 19 heavy (non-hydrogen) atoms. The van der Waals surface area contributed by atoms with Crippen molar-refractivity contribution in [2.24, 2.45) is 0 Å². The standard InChI is InChI=1S/C15H14BrNOS/c1-10-7-11(2)17(15(19)8-10)9-14(18)12-3-5-13(16)6-4-12/h3-8H,9H2,1-2H3. The zero-order valence-corrected chi connectivity index (χ0v) is 13.2. The van der Waals surface area contributed by atoms with Gasteiger partial charge in [-0.1, -0.05) is 40.3 Å². The molecule has 0 atom stereocenters. The van der Waals surface area contributed by atoms with Gasteiger partial charge in [-0.25, -0.2) is 0 Å². The topological polar surface area (TPSA) is 22.0 Å². The highest BCUT2D eigenvalue weighted by Crippen LogP contribution is 2.13. The molecule has 0 radical (unpaired) electrons. The fourth-order valence-electron chi connectivity index (χ4n) is 1.97. The number of benzene rings is 1. The van der Waals surface area contributed by atoms with Crippen LogP contribution in [0, 0.1) is 18.5 Å². The number of carbonyl (C=O) groups excluding carboxylic acids is 1. The SMILES string of the molecule is Cc1cc(C)n(CC(=O)c2ccc(Br)cc2)c(=S)c1. The van der Waals surface area contributed by atoms with E-state index in [0.29, 0.717) is 10.2 Å². The Labute approximate surface area is 126 Å². The van der Waals surface area contributed by atoms with Crippen molar-refractivity contribution in [1.29, 1.82) is 0 Å². The van der Waals surface area contributed by atoms with Gasteiger partial charge in [-0.15, -0.1) is 0 Å². The van der Waals surface area contributed by atoms with Crippen LogP contribution in [0.4, 0.5) is 0 Å². The lowest BCUT2D eigenvalue weighted by molar-refractivity contribution is 0.0970. The number of nitrogens with zero attached hydrogens (tertiary/aromatic N) is 1. The molecule has 0 aliphatic carbocycles. The Balaban J connectivity index is 2.29. The predicted octanol–water partition coefficient (Wildman–Crippen LogP) is 4.48. The average Bonchev–Trinajstić information content (AvgIpc) is 2.34. The summed E-state index contributed by atoms with van der Waals surface area (Å²) in [7, 11) is 0. The van der Waals surface area contributed by atoms with Gasteiger partial charge >= 0.3 is 0 Å². The Morgan fingerprint density at radius 2 is 1.84 bits per heavy atom. The summed E-state index contributed by atoms with van der Waals surface area (Å²) < 4.78 is 3.53. The lowest BCUT2D eigenvalue weighted by Gasteiger charge is -2.11. The Morgan fingerprint density at radius 3 is 2.42 bits per heavy atom. The van der Waals surface area contributed by atoms with Crippen LogP contribution < -0.4 is 0 Å². The van der Waals surface area contributed by atoms with Crippen LogP contribution in [0.25, 0.3) is 0 Å². The van der Waals surface area contributed by atoms with Crippen LogP contribution >= 0.6 is 28.1 Å². The second-order valence-electron chi connectivity index (χ2n) is 4.53. The van der Waals surface area contributed by atoms with Crippen LogP contribution in [-0.2, 0) is 6.54 Å². The molecule has 0 spiro atoms. The molecule has 1 heterocycles. The highest BCUT2D eigenvalue weighted by atomic mass is 79.9. The third kappa shape index (κ3) is 3.39. The number of Topliss-reactive ketones (excluding diaryl/α,β-unsaturated/α-hetero) is 1. The summed E-state index contributed by atoms with van der Waals surface area (Å²) in [5.74, 6) is 0.0653. The van der Waals surface area contributed by atoms with Crippen LogP contribution in [0.15, 0.2) is 40.9 Å². The molecule has 0 bridgehead atoms. The summed E-state index contributed by atoms with van der Waals surface area (Å²) in [6.45, 7) is 4.26. The average molecular weight is 336 g/mol. The van der Waals surface area contributed by atoms with E-state index in [9.17, 15) is 4.79 Å². The van der Waals surface area contributed by atoms with Gasteiger partial charge in [0.2, 0.25) is 0 Å². The minimum absolute atomic E-state index is 0.0653. The van der Waals surface area contributed by atoms with Gasteiger partial charge in [0.05, 0.1) is 6.54 Å². The van der Waals surface area contributed by atoms with Crippen LogP contribution in [0.1, 0.15) is 21.6 Å². The number of hydrogen-bond donors (Lipinski definition) is 0. The van der Waals surface area contributed by atoms with Gasteiger partial charge in [-0.3, -0.25) is 4.79 Å². The summed E-state index contributed by atoms with van der Waals surface area (Å²) >= 11 is 8.68. The maximum absolute atomic E-state index is 12.2. The summed E-state index contributed by atoms with van der Waals surface area (Å²) in [6.07, 6.45) is 0. The second-order valence-corrected chi connectivity index (χ2v) is 5.86. The molecule has 0 saturated carbocycles. The van der Waals surface area contributed by atoms with E-state index in [1.807, 2.05) is 54.8 Å². The van der Waals surface area contributed by atoms with Gasteiger partial charge in [-0.05, 0) is 43.7 Å². The van der Waals surface area contributed by atoms with E-state index in [2.05, 4.69) is 15.9 Å². The van der Waals surface area contributed by atoms with Crippen molar-refractivity contribution in [2.45, 2.75) is 20.4 Å². The molecule has 0 N–H and O–H groups in total. The van der Waals surface area contributed by atoms with Crippen molar-refractivity contribution < 1.29 is 4.79 Å². The first-order chi connectivity index (χ1) is 8.97. The molecule has 98 valence electrons. The normalized spacial score (nSPS) is 10.5. The van der Waals surface area contributed by atoms with E-state index in [1.54, 1.807) is 0 Å². The van der Waals surface area contributed by atoms with E-state index in [4.69, 9.17) is 12.2 Å². The molecule has 0 fully saturated rings. The molecule has 0 aliphatic heterocycles. The van der Waals surface area contributed by atoms with Crippen molar-refractivity contribution in [3.63, 3.8) is 0 Å². The molecule has 2 rings (SSSR count). The molecule has 2 nitrogen and oxygen atoms in total. The first kappa shape index (κ1) is 14.2. The maximum Gasteiger partial charge on any atom is 0.182 e. The summed E-state index contributed by atoms with van der Waals surface area (Å²) in [5.41, 5.74) is 2.83. The van der Waals surface area contributed by atoms with E-state index < -0.39 is 0 Å². The lowest BCUT2D eigenvalue weighted by Crippen LogP contribution is -2.14. The van der Waals surface area contributed by atoms with E-state index in [-0.39, 0.29) is 12.3 Å². The number of hydrogen-bond acceptors (Lipinski definition) is 2. The van der Waals surface area contributed by atoms with Gasteiger partial charge in [0.15, 0.2) is 5.78 Å². The van der Waals surface area contributed by atoms with Gasteiger partial charge in [-0.2, -0.15) is 0 Å². The first-order valence-corrected chi connectivity index (χ1v) is 7.14. The molecule has 0 amide bonds. The predicted molar refractivity (Wildman–Crippen MR) is 83.2 cm³/mol. The van der Waals surface area contributed by atoms with Gasteiger partial charge in [0, 0.05) is 15.7 Å². The second kappa shape index (κ2) is 5.80. The van der Waals surface area contributed by atoms with Crippen LogP contribution in [0.3, 0.4) is 0 Å². The van der Waals surface area contributed by atoms with Crippen molar-refractivity contribution in [3.8, 4) is 0 Å². The third-order valence-electron chi connectivity index (χ3n) is 2.95. The number of aryl methyl sites for hydroxylation is 2. The number of aromatic nitrogens is 1. The largest absolute Gasteiger partial charge is 0.329 e. The molecule has 4 heteroatoms. The highest BCUT2D eigenvalue weighted by Gasteiger charge is 2.08. The fraction of sp³-hybridized carbons (Fsp3) is 0.200. The maximum atomic E-state index is 12.2. The molecule has 2 aromatic rings. The molecule has 1 aromatic heterocycles. The number of rotatable bonds is 3. The zero-order valence-electron chi connectivity index (χ0n) is 10.8. The Kier molecular flexibility index (Phi) is 4.32. The van der Waals surface area contributed by atoms with E-state index in [0.717, 1.165) is 15.7 Å². The Hall–Kier alpha value is -1.26.